The lowest BCUT2D eigenvalue weighted by atomic mass is 10.1. The normalized spacial score (nSPS) is 28.9. The number of hydrogen-bond acceptors (Lipinski definition) is 4. The highest BCUT2D eigenvalue weighted by Crippen LogP contribution is 2.43. The fourth-order valence-electron chi connectivity index (χ4n) is 1.35. The summed E-state index contributed by atoms with van der Waals surface area (Å²) in [5.74, 6) is -2.54. The average molecular weight is 249 g/mol. The van der Waals surface area contributed by atoms with Gasteiger partial charge in [0.2, 0.25) is 0 Å². The molecule has 0 amide bonds. The van der Waals surface area contributed by atoms with Crippen molar-refractivity contribution in [2.45, 2.75) is 18.8 Å². The number of esters is 1. The first-order valence-electron chi connectivity index (χ1n) is 4.16. The minimum Gasteiger partial charge on any atom is -0.420 e. The molecule has 2 rings (SSSR count). The van der Waals surface area contributed by atoms with E-state index >= 15 is 0 Å². The van der Waals surface area contributed by atoms with E-state index in [9.17, 15) is 9.59 Å². The van der Waals surface area contributed by atoms with Gasteiger partial charge in [0.25, 0.3) is 5.79 Å². The Morgan fingerprint density at radius 3 is 2.20 bits per heavy atom. The molecule has 1 atom stereocenters. The van der Waals surface area contributed by atoms with Crippen LogP contribution in [0.3, 0.4) is 0 Å². The molecule has 1 heterocycles. The van der Waals surface area contributed by atoms with Gasteiger partial charge in [0, 0.05) is 12.2 Å². The smallest absolute Gasteiger partial charge is 0.338 e. The Bertz CT molecular complexity index is 388. The monoisotopic (exact) mass is 248 g/mol. The molecule has 0 bridgehead atoms. The van der Waals surface area contributed by atoms with E-state index in [4.69, 9.17) is 32.7 Å². The fraction of sp³-hybridized carbons (Fsp3) is 0.333. The van der Waals surface area contributed by atoms with E-state index in [1.807, 2.05) is 0 Å². The van der Waals surface area contributed by atoms with Crippen molar-refractivity contribution in [1.82, 2.24) is 0 Å². The second-order valence-corrected chi connectivity index (χ2v) is 4.00. The van der Waals surface area contributed by atoms with Crippen molar-refractivity contribution in [3.63, 3.8) is 0 Å². The summed E-state index contributed by atoms with van der Waals surface area (Å²) < 4.78 is 10.2. The highest BCUT2D eigenvalue weighted by atomic mass is 35.5. The molecule has 80 valence electrons. The number of carbonyl (C=O) groups excluding carboxylic acids is 2. The summed E-state index contributed by atoms with van der Waals surface area (Å²) in [6.07, 6.45) is 1.46. The highest BCUT2D eigenvalue weighted by molar-refractivity contribution is 6.39. The lowest BCUT2D eigenvalue weighted by molar-refractivity contribution is -0.149. The van der Waals surface area contributed by atoms with Gasteiger partial charge in [-0.1, -0.05) is 23.2 Å². The van der Waals surface area contributed by atoms with Crippen molar-refractivity contribution >= 4 is 35.0 Å². The minimum atomic E-state index is -1.60. The summed E-state index contributed by atoms with van der Waals surface area (Å²) in [6.45, 7) is 1.52. The topological polar surface area (TPSA) is 52.6 Å². The maximum Gasteiger partial charge on any atom is 0.338 e. The van der Waals surface area contributed by atoms with Crippen LogP contribution in [0.25, 0.3) is 0 Å². The maximum absolute atomic E-state index is 11.2. The first-order valence-corrected chi connectivity index (χ1v) is 4.91. The Morgan fingerprint density at radius 1 is 1.27 bits per heavy atom. The standard InChI is InChI=1S/C9H6Cl2O4/c1-4-8(13)15-9(14-4)6(10)2-5(12)3-7(9)11/h2-4H,1H3. The molecule has 0 saturated carbocycles. The Balaban J connectivity index is 2.45. The van der Waals surface area contributed by atoms with Gasteiger partial charge in [-0.05, 0) is 6.92 Å². The lowest BCUT2D eigenvalue weighted by Gasteiger charge is -2.27. The second-order valence-electron chi connectivity index (χ2n) is 3.18. The zero-order chi connectivity index (χ0) is 11.2. The van der Waals surface area contributed by atoms with Gasteiger partial charge in [0.05, 0.1) is 10.1 Å². The number of ketones is 1. The summed E-state index contributed by atoms with van der Waals surface area (Å²) in [4.78, 5) is 22.3. The predicted molar refractivity (Wildman–Crippen MR) is 52.2 cm³/mol. The number of hydrogen-bond donors (Lipinski definition) is 0. The molecular weight excluding hydrogens is 243 g/mol. The van der Waals surface area contributed by atoms with Crippen molar-refractivity contribution < 1.29 is 19.1 Å². The third-order valence-electron chi connectivity index (χ3n) is 2.09. The molecule has 4 nitrogen and oxygen atoms in total. The van der Waals surface area contributed by atoms with Gasteiger partial charge in [-0.15, -0.1) is 0 Å². The molecule has 0 radical (unpaired) electrons. The van der Waals surface area contributed by atoms with E-state index in [2.05, 4.69) is 0 Å². The lowest BCUT2D eigenvalue weighted by Crippen LogP contribution is -2.35. The molecule has 1 aliphatic heterocycles. The van der Waals surface area contributed by atoms with Crippen LogP contribution in [0, 0.1) is 0 Å². The summed E-state index contributed by atoms with van der Waals surface area (Å²) in [5, 5.41) is -0.0876. The van der Waals surface area contributed by atoms with E-state index in [0.717, 1.165) is 12.2 Å². The quantitative estimate of drug-likeness (QED) is 0.610. The molecule has 6 heteroatoms. The van der Waals surface area contributed by atoms with Crippen LogP contribution in [0.1, 0.15) is 6.92 Å². The Hall–Kier alpha value is -0.840. The molecule has 15 heavy (non-hydrogen) atoms. The fourth-order valence-corrected chi connectivity index (χ4v) is 1.98. The first kappa shape index (κ1) is 10.7. The number of allylic oxidation sites excluding steroid dienone is 2. The van der Waals surface area contributed by atoms with Gasteiger partial charge >= 0.3 is 5.97 Å². The summed E-state index contributed by atoms with van der Waals surface area (Å²) in [6, 6.07) is 0. The number of carbonyl (C=O) groups is 2. The van der Waals surface area contributed by atoms with Crippen LogP contribution in [-0.4, -0.2) is 23.6 Å². The van der Waals surface area contributed by atoms with Gasteiger partial charge in [0.1, 0.15) is 0 Å². The highest BCUT2D eigenvalue weighted by Gasteiger charge is 2.53. The van der Waals surface area contributed by atoms with Crippen molar-refractivity contribution in [2.75, 3.05) is 0 Å². The van der Waals surface area contributed by atoms with E-state index < -0.39 is 17.9 Å². The Labute approximate surface area is 95.4 Å². The van der Waals surface area contributed by atoms with Crippen LogP contribution in [0.5, 0.6) is 0 Å². The van der Waals surface area contributed by atoms with Gasteiger partial charge in [-0.25, -0.2) is 4.79 Å². The predicted octanol–water partition coefficient (Wildman–Crippen LogP) is 1.47. The second kappa shape index (κ2) is 3.33. The van der Waals surface area contributed by atoms with E-state index in [-0.39, 0.29) is 15.8 Å². The molecule has 0 aromatic carbocycles. The summed E-state index contributed by atoms with van der Waals surface area (Å²) in [5.41, 5.74) is 0. The van der Waals surface area contributed by atoms with Gasteiger partial charge < -0.3 is 9.47 Å². The van der Waals surface area contributed by atoms with E-state index in [1.165, 1.54) is 6.92 Å². The summed E-state index contributed by atoms with van der Waals surface area (Å²) >= 11 is 11.6. The molecule has 0 aromatic heterocycles. The largest absolute Gasteiger partial charge is 0.420 e. The SMILES string of the molecule is CC1OC2(OC1=O)C(Cl)=CC(=O)C=C2Cl. The molecule has 1 saturated heterocycles. The van der Waals surface area contributed by atoms with E-state index in [0.29, 0.717) is 0 Å². The number of halogens is 2. The average Bonchev–Trinajstić information content (AvgIpc) is 2.41. The van der Waals surface area contributed by atoms with E-state index in [1.54, 1.807) is 0 Å². The molecule has 1 unspecified atom stereocenters. The third kappa shape index (κ3) is 1.49. The third-order valence-corrected chi connectivity index (χ3v) is 2.80. The van der Waals surface area contributed by atoms with Crippen LogP contribution in [0.15, 0.2) is 22.2 Å². The van der Waals surface area contributed by atoms with Crippen LogP contribution < -0.4 is 0 Å². The Morgan fingerprint density at radius 2 is 1.80 bits per heavy atom. The first-order chi connectivity index (χ1) is 6.95. The van der Waals surface area contributed by atoms with Crippen LogP contribution in [0.4, 0.5) is 0 Å². The van der Waals surface area contributed by atoms with Gasteiger partial charge in [-0.2, -0.15) is 0 Å². The zero-order valence-electron chi connectivity index (χ0n) is 7.62. The molecule has 0 aromatic rings. The van der Waals surface area contributed by atoms with Crippen LogP contribution >= 0.6 is 23.2 Å². The number of rotatable bonds is 0. The van der Waals surface area contributed by atoms with Gasteiger partial charge in [-0.3, -0.25) is 4.79 Å². The molecular formula is C9H6Cl2O4. The van der Waals surface area contributed by atoms with Crippen molar-refractivity contribution in [1.29, 1.82) is 0 Å². The molecule has 1 aliphatic carbocycles. The van der Waals surface area contributed by atoms with Crippen molar-refractivity contribution in [2.24, 2.45) is 0 Å². The molecule has 0 N–H and O–H groups in total. The maximum atomic E-state index is 11.2. The Kier molecular flexibility index (Phi) is 2.37. The van der Waals surface area contributed by atoms with Crippen molar-refractivity contribution in [3.8, 4) is 0 Å². The summed E-state index contributed by atoms with van der Waals surface area (Å²) in [7, 11) is 0. The number of ether oxygens (including phenoxy) is 2. The van der Waals surface area contributed by atoms with Crippen molar-refractivity contribution in [3.05, 3.63) is 22.2 Å². The molecule has 1 spiro atoms. The molecule has 1 fully saturated rings. The zero-order valence-corrected chi connectivity index (χ0v) is 9.13. The molecule has 2 aliphatic rings. The minimum absolute atomic E-state index is 0.0438. The van der Waals surface area contributed by atoms with Gasteiger partial charge in [0.15, 0.2) is 11.9 Å². The van der Waals surface area contributed by atoms with Crippen LogP contribution in [0.2, 0.25) is 0 Å². The van der Waals surface area contributed by atoms with Crippen LogP contribution in [-0.2, 0) is 19.1 Å².